The summed E-state index contributed by atoms with van der Waals surface area (Å²) in [5.74, 6) is 0.0888. The van der Waals surface area contributed by atoms with Gasteiger partial charge in [-0.15, -0.1) is 0 Å². The summed E-state index contributed by atoms with van der Waals surface area (Å²) in [5, 5.41) is 0. The van der Waals surface area contributed by atoms with E-state index in [4.69, 9.17) is 9.47 Å². The highest BCUT2D eigenvalue weighted by molar-refractivity contribution is 5.77. The molecule has 0 aliphatic carbocycles. The van der Waals surface area contributed by atoms with Gasteiger partial charge in [-0.05, 0) is 32.1 Å². The highest BCUT2D eigenvalue weighted by Gasteiger charge is 2.12. The normalized spacial score (nSPS) is 12.2. The molecule has 0 rings (SSSR count). The third kappa shape index (κ3) is 23.4. The number of rotatable bonds is 22. The van der Waals surface area contributed by atoms with Crippen LogP contribution in [0.15, 0.2) is 0 Å². The lowest BCUT2D eigenvalue weighted by Crippen LogP contribution is -2.16. The van der Waals surface area contributed by atoms with Crippen LogP contribution in [0.1, 0.15) is 143 Å². The van der Waals surface area contributed by atoms with Gasteiger partial charge in [-0.25, -0.2) is 0 Å². The van der Waals surface area contributed by atoms with Crippen molar-refractivity contribution in [3.05, 3.63) is 0 Å². The molecule has 0 aromatic rings. The lowest BCUT2D eigenvalue weighted by molar-refractivity contribution is -0.153. The van der Waals surface area contributed by atoms with Gasteiger partial charge < -0.3 is 9.47 Å². The molecule has 1 unspecified atom stereocenters. The molecule has 0 aromatic heterocycles. The lowest BCUT2D eigenvalue weighted by atomic mass is 10.0. The average Bonchev–Trinajstić information content (AvgIpc) is 2.72. The molecule has 0 bridgehead atoms. The molecular formula is C27H52O4. The summed E-state index contributed by atoms with van der Waals surface area (Å²) in [6.45, 7) is 9.04. The molecule has 0 fully saturated rings. The molecule has 0 radical (unpaired) electrons. The molecule has 0 spiro atoms. The minimum Gasteiger partial charge on any atom is -0.466 e. The predicted molar refractivity (Wildman–Crippen MR) is 130 cm³/mol. The summed E-state index contributed by atoms with van der Waals surface area (Å²) in [6.07, 6.45) is 20.2. The fraction of sp³-hybridized carbons (Fsp3) is 0.926. The van der Waals surface area contributed by atoms with Crippen molar-refractivity contribution in [2.45, 2.75) is 149 Å². The maximum Gasteiger partial charge on any atom is 0.306 e. The molecule has 0 heterocycles. The molecule has 4 heteroatoms. The van der Waals surface area contributed by atoms with Crippen LogP contribution in [-0.2, 0) is 19.1 Å². The molecule has 0 saturated carbocycles. The van der Waals surface area contributed by atoms with Gasteiger partial charge in [-0.1, -0.05) is 104 Å². The number of hydrogen-bond acceptors (Lipinski definition) is 4. The van der Waals surface area contributed by atoms with Crippen molar-refractivity contribution in [2.75, 3.05) is 6.61 Å². The molecule has 0 aromatic carbocycles. The van der Waals surface area contributed by atoms with E-state index in [0.717, 1.165) is 32.1 Å². The van der Waals surface area contributed by atoms with Crippen molar-refractivity contribution in [3.63, 3.8) is 0 Å². The van der Waals surface area contributed by atoms with Crippen LogP contribution in [0.25, 0.3) is 0 Å². The molecule has 0 aliphatic heterocycles. The van der Waals surface area contributed by atoms with Crippen LogP contribution < -0.4 is 0 Å². The zero-order valence-corrected chi connectivity index (χ0v) is 21.2. The molecule has 31 heavy (non-hydrogen) atoms. The maximum absolute atomic E-state index is 11.8. The Morgan fingerprint density at radius 3 is 1.61 bits per heavy atom. The van der Waals surface area contributed by atoms with Crippen molar-refractivity contribution >= 4 is 11.9 Å². The quantitative estimate of drug-likeness (QED) is 0.126. The second-order valence-electron chi connectivity index (χ2n) is 9.59. The van der Waals surface area contributed by atoms with Crippen LogP contribution in [-0.4, -0.2) is 24.6 Å². The van der Waals surface area contributed by atoms with Crippen LogP contribution in [0.5, 0.6) is 0 Å². The first-order valence-corrected chi connectivity index (χ1v) is 13.3. The van der Waals surface area contributed by atoms with Crippen LogP contribution in [0.4, 0.5) is 0 Å². The van der Waals surface area contributed by atoms with E-state index in [1.54, 1.807) is 0 Å². The van der Waals surface area contributed by atoms with E-state index >= 15 is 0 Å². The minimum atomic E-state index is -0.296. The van der Waals surface area contributed by atoms with E-state index in [-0.39, 0.29) is 30.9 Å². The van der Waals surface area contributed by atoms with Crippen LogP contribution in [0.3, 0.4) is 0 Å². The predicted octanol–water partition coefficient (Wildman–Crippen LogP) is 8.16. The van der Waals surface area contributed by atoms with Gasteiger partial charge in [0.25, 0.3) is 0 Å². The molecule has 0 N–H and O–H groups in total. The number of hydrogen-bond donors (Lipinski definition) is 0. The second-order valence-corrected chi connectivity index (χ2v) is 9.59. The van der Waals surface area contributed by atoms with Crippen molar-refractivity contribution in [1.82, 2.24) is 0 Å². The van der Waals surface area contributed by atoms with Crippen molar-refractivity contribution in [2.24, 2.45) is 5.92 Å². The Hall–Kier alpha value is -1.06. The zero-order valence-electron chi connectivity index (χ0n) is 21.2. The Balaban J connectivity index is 3.40. The summed E-state index contributed by atoms with van der Waals surface area (Å²) in [6, 6.07) is 0. The maximum atomic E-state index is 11.8. The fourth-order valence-corrected chi connectivity index (χ4v) is 3.74. The number of carbonyl (C=O) groups is 2. The van der Waals surface area contributed by atoms with Gasteiger partial charge in [0.15, 0.2) is 0 Å². The van der Waals surface area contributed by atoms with Crippen molar-refractivity contribution in [1.29, 1.82) is 0 Å². The lowest BCUT2D eigenvalue weighted by Gasteiger charge is -2.13. The zero-order chi connectivity index (χ0) is 23.2. The third-order valence-corrected chi connectivity index (χ3v) is 5.77. The van der Waals surface area contributed by atoms with Crippen LogP contribution >= 0.6 is 0 Å². The largest absolute Gasteiger partial charge is 0.466 e. The van der Waals surface area contributed by atoms with E-state index in [2.05, 4.69) is 20.8 Å². The third-order valence-electron chi connectivity index (χ3n) is 5.77. The molecule has 0 amide bonds. The van der Waals surface area contributed by atoms with Crippen molar-refractivity contribution < 1.29 is 19.1 Å². The summed E-state index contributed by atoms with van der Waals surface area (Å²) >= 11 is 0. The molecule has 184 valence electrons. The first kappa shape index (κ1) is 29.9. The number of unbranched alkanes of at least 4 members (excludes halogenated alkanes) is 12. The Kier molecular flexibility index (Phi) is 21.4. The molecule has 4 nitrogen and oxygen atoms in total. The molecule has 0 aliphatic rings. The first-order valence-electron chi connectivity index (χ1n) is 13.3. The monoisotopic (exact) mass is 440 g/mol. The minimum absolute atomic E-state index is 0.0759. The first-order chi connectivity index (χ1) is 15.0. The van der Waals surface area contributed by atoms with Gasteiger partial charge in [-0.3, -0.25) is 9.59 Å². The van der Waals surface area contributed by atoms with E-state index in [1.165, 1.54) is 70.6 Å². The summed E-state index contributed by atoms with van der Waals surface area (Å²) < 4.78 is 10.6. The van der Waals surface area contributed by atoms with E-state index in [1.807, 2.05) is 6.92 Å². The van der Waals surface area contributed by atoms with Gasteiger partial charge in [0, 0.05) is 0 Å². The van der Waals surface area contributed by atoms with E-state index in [9.17, 15) is 9.59 Å². The number of esters is 2. The van der Waals surface area contributed by atoms with Crippen LogP contribution in [0, 0.1) is 5.92 Å². The molecular weight excluding hydrogens is 388 g/mol. The van der Waals surface area contributed by atoms with E-state index in [0.29, 0.717) is 12.5 Å². The van der Waals surface area contributed by atoms with Gasteiger partial charge in [0.2, 0.25) is 0 Å². The summed E-state index contributed by atoms with van der Waals surface area (Å²) in [5.41, 5.74) is 0. The van der Waals surface area contributed by atoms with Gasteiger partial charge >= 0.3 is 11.9 Å². The standard InChI is InChI=1S/C27H52O4/c1-5-6-7-8-9-10-11-12-13-14-15-16-17-23-30-26(28)21-22-27(29)31-25(4)20-18-19-24(2)3/h24-25H,5-23H2,1-4H3. The topological polar surface area (TPSA) is 52.6 Å². The summed E-state index contributed by atoms with van der Waals surface area (Å²) in [4.78, 5) is 23.6. The Morgan fingerprint density at radius 2 is 1.10 bits per heavy atom. The van der Waals surface area contributed by atoms with Crippen molar-refractivity contribution in [3.8, 4) is 0 Å². The highest BCUT2D eigenvalue weighted by atomic mass is 16.5. The Labute approximate surface area is 193 Å². The molecule has 0 saturated heterocycles. The highest BCUT2D eigenvalue weighted by Crippen LogP contribution is 2.13. The van der Waals surface area contributed by atoms with Gasteiger partial charge in [0.05, 0.1) is 25.6 Å². The number of carbonyl (C=O) groups excluding carboxylic acids is 2. The smallest absolute Gasteiger partial charge is 0.306 e. The van der Waals surface area contributed by atoms with Crippen LogP contribution in [0.2, 0.25) is 0 Å². The Morgan fingerprint density at radius 1 is 0.613 bits per heavy atom. The Bertz CT molecular complexity index is 419. The average molecular weight is 441 g/mol. The SMILES string of the molecule is CCCCCCCCCCCCCCCOC(=O)CCC(=O)OC(C)CCCC(C)C. The molecule has 1 atom stereocenters. The number of ether oxygens (including phenoxy) is 2. The van der Waals surface area contributed by atoms with E-state index < -0.39 is 0 Å². The van der Waals surface area contributed by atoms with Gasteiger partial charge in [-0.2, -0.15) is 0 Å². The fourth-order valence-electron chi connectivity index (χ4n) is 3.74. The van der Waals surface area contributed by atoms with Gasteiger partial charge in [0.1, 0.15) is 0 Å². The summed E-state index contributed by atoms with van der Waals surface area (Å²) in [7, 11) is 0. The second kappa shape index (κ2) is 22.1.